The fraction of sp³-hybridized carbons (Fsp3) is 0.0833. The minimum absolute atomic E-state index is 0.143. The zero-order chi connectivity index (χ0) is 12.4. The summed E-state index contributed by atoms with van der Waals surface area (Å²) in [4.78, 5) is 10.9. The van der Waals surface area contributed by atoms with Crippen LogP contribution in [0.2, 0.25) is 0 Å². The second kappa shape index (κ2) is 4.71. The van der Waals surface area contributed by atoms with Crippen LogP contribution < -0.4 is 0 Å². The summed E-state index contributed by atoms with van der Waals surface area (Å²) in [6.07, 6.45) is 1.61. The van der Waals surface area contributed by atoms with Crippen LogP contribution in [0.5, 0.6) is 0 Å². The summed E-state index contributed by atoms with van der Waals surface area (Å²) < 4.78 is 15.8. The van der Waals surface area contributed by atoms with Crippen LogP contribution in [0.1, 0.15) is 16.1 Å². The maximum Gasteiger partial charge on any atom is 0.352 e. The lowest BCUT2D eigenvalue weighted by molar-refractivity contribution is 0.0685. The van der Waals surface area contributed by atoms with Crippen molar-refractivity contribution in [2.45, 2.75) is 6.54 Å². The molecule has 0 radical (unpaired) electrons. The summed E-state index contributed by atoms with van der Waals surface area (Å²) in [5, 5.41) is 8.93. The van der Waals surface area contributed by atoms with Gasteiger partial charge in [0.05, 0.1) is 6.54 Å². The monoisotopic (exact) mass is 297 g/mol. The molecule has 0 unspecified atom stereocenters. The van der Waals surface area contributed by atoms with Crippen molar-refractivity contribution < 1.29 is 14.3 Å². The van der Waals surface area contributed by atoms with E-state index in [1.54, 1.807) is 24.4 Å². The normalized spacial score (nSPS) is 10.5. The first kappa shape index (κ1) is 11.9. The van der Waals surface area contributed by atoms with E-state index >= 15 is 0 Å². The molecule has 3 nitrogen and oxygen atoms in total. The number of carbonyl (C=O) groups is 1. The number of carboxylic acids is 1. The zero-order valence-corrected chi connectivity index (χ0v) is 10.3. The van der Waals surface area contributed by atoms with Gasteiger partial charge in [-0.15, -0.1) is 0 Å². The van der Waals surface area contributed by atoms with Crippen LogP contribution in [-0.2, 0) is 6.54 Å². The van der Waals surface area contributed by atoms with Crippen molar-refractivity contribution in [2.75, 3.05) is 0 Å². The number of hydrogen-bond donors (Lipinski definition) is 1. The topological polar surface area (TPSA) is 42.2 Å². The van der Waals surface area contributed by atoms with Crippen molar-refractivity contribution >= 4 is 21.9 Å². The third-order valence-corrected chi connectivity index (χ3v) is 2.89. The number of halogens is 2. The van der Waals surface area contributed by atoms with Crippen LogP contribution in [0.4, 0.5) is 4.39 Å². The fourth-order valence-electron chi connectivity index (χ4n) is 1.59. The molecule has 0 saturated carbocycles. The molecule has 0 amide bonds. The first-order valence-corrected chi connectivity index (χ1v) is 5.69. The van der Waals surface area contributed by atoms with Gasteiger partial charge in [0.2, 0.25) is 0 Å². The molecule has 5 heteroatoms. The third-order valence-electron chi connectivity index (χ3n) is 2.40. The molecule has 0 bridgehead atoms. The summed E-state index contributed by atoms with van der Waals surface area (Å²) in [6.45, 7) is 0.194. The summed E-state index contributed by atoms with van der Waals surface area (Å²) in [6, 6.07) is 7.70. The maximum atomic E-state index is 13.5. The molecule has 1 N–H and O–H groups in total. The van der Waals surface area contributed by atoms with Gasteiger partial charge in [0, 0.05) is 16.2 Å². The molecular weight excluding hydrogens is 289 g/mol. The molecular formula is C12H9BrFNO2. The molecule has 0 aliphatic heterocycles. The van der Waals surface area contributed by atoms with Crippen LogP contribution in [0.25, 0.3) is 0 Å². The average Bonchev–Trinajstić information content (AvgIpc) is 2.71. The van der Waals surface area contributed by atoms with E-state index in [2.05, 4.69) is 15.9 Å². The highest BCUT2D eigenvalue weighted by Gasteiger charge is 2.10. The summed E-state index contributed by atoms with van der Waals surface area (Å²) in [5.74, 6) is -1.37. The summed E-state index contributed by atoms with van der Waals surface area (Å²) in [5.41, 5.74) is 0.586. The van der Waals surface area contributed by atoms with E-state index in [1.807, 2.05) is 0 Å². The van der Waals surface area contributed by atoms with Crippen molar-refractivity contribution in [3.05, 3.63) is 58.1 Å². The molecule has 1 heterocycles. The van der Waals surface area contributed by atoms with Crippen LogP contribution in [0.15, 0.2) is 41.0 Å². The van der Waals surface area contributed by atoms with E-state index in [0.29, 0.717) is 5.56 Å². The Hall–Kier alpha value is -1.62. The minimum Gasteiger partial charge on any atom is -0.477 e. The molecule has 0 atom stereocenters. The van der Waals surface area contributed by atoms with Crippen LogP contribution in [0.3, 0.4) is 0 Å². The predicted molar refractivity (Wildman–Crippen MR) is 64.6 cm³/mol. The fourth-order valence-corrected chi connectivity index (χ4v) is 2.00. The molecule has 17 heavy (non-hydrogen) atoms. The number of carboxylic acid groups (broad SMARTS) is 1. The highest BCUT2D eigenvalue weighted by atomic mass is 79.9. The van der Waals surface area contributed by atoms with Gasteiger partial charge in [-0.3, -0.25) is 0 Å². The lowest BCUT2D eigenvalue weighted by Gasteiger charge is -2.08. The molecule has 0 spiro atoms. The number of nitrogens with zero attached hydrogens (tertiary/aromatic N) is 1. The van der Waals surface area contributed by atoms with Gasteiger partial charge in [-0.2, -0.15) is 0 Å². The highest BCUT2D eigenvalue weighted by molar-refractivity contribution is 9.10. The van der Waals surface area contributed by atoms with Crippen molar-refractivity contribution in [1.82, 2.24) is 4.57 Å². The van der Waals surface area contributed by atoms with E-state index < -0.39 is 5.97 Å². The van der Waals surface area contributed by atoms with Gasteiger partial charge in [0.25, 0.3) is 0 Å². The van der Waals surface area contributed by atoms with E-state index in [-0.39, 0.29) is 18.1 Å². The Kier molecular flexibility index (Phi) is 3.28. The Balaban J connectivity index is 2.34. The Labute approximate surface area is 106 Å². The van der Waals surface area contributed by atoms with E-state index in [0.717, 1.165) is 4.47 Å². The largest absolute Gasteiger partial charge is 0.477 e. The second-order valence-electron chi connectivity index (χ2n) is 3.56. The van der Waals surface area contributed by atoms with Gasteiger partial charge >= 0.3 is 5.97 Å². The van der Waals surface area contributed by atoms with Gasteiger partial charge in [-0.25, -0.2) is 9.18 Å². The molecule has 0 fully saturated rings. The molecule has 2 rings (SSSR count). The summed E-state index contributed by atoms with van der Waals surface area (Å²) >= 11 is 3.26. The molecule has 2 aromatic rings. The van der Waals surface area contributed by atoms with Crippen molar-refractivity contribution in [3.63, 3.8) is 0 Å². The SMILES string of the molecule is O=C(O)c1cccn1Cc1cc(Br)ccc1F. The van der Waals surface area contributed by atoms with Gasteiger partial charge in [0.1, 0.15) is 11.5 Å². The van der Waals surface area contributed by atoms with Gasteiger partial charge in [-0.1, -0.05) is 15.9 Å². The van der Waals surface area contributed by atoms with Gasteiger partial charge in [0.15, 0.2) is 0 Å². The summed E-state index contributed by atoms with van der Waals surface area (Å²) in [7, 11) is 0. The van der Waals surface area contributed by atoms with Gasteiger partial charge in [-0.05, 0) is 30.3 Å². The molecule has 88 valence electrons. The maximum absolute atomic E-state index is 13.5. The number of benzene rings is 1. The number of aromatic carboxylic acids is 1. The quantitative estimate of drug-likeness (QED) is 0.946. The second-order valence-corrected chi connectivity index (χ2v) is 4.48. The number of aromatic nitrogens is 1. The predicted octanol–water partition coefficient (Wildman–Crippen LogP) is 3.14. The van der Waals surface area contributed by atoms with Crippen molar-refractivity contribution in [2.24, 2.45) is 0 Å². The Morgan fingerprint density at radius 3 is 2.88 bits per heavy atom. The van der Waals surface area contributed by atoms with Crippen LogP contribution >= 0.6 is 15.9 Å². The van der Waals surface area contributed by atoms with Crippen molar-refractivity contribution in [1.29, 1.82) is 0 Å². The third kappa shape index (κ3) is 2.55. The first-order valence-electron chi connectivity index (χ1n) is 4.90. The van der Waals surface area contributed by atoms with E-state index in [9.17, 15) is 9.18 Å². The molecule has 0 saturated heterocycles. The molecule has 1 aromatic heterocycles. The minimum atomic E-state index is -1.02. The van der Waals surface area contributed by atoms with Crippen LogP contribution in [-0.4, -0.2) is 15.6 Å². The number of rotatable bonds is 3. The van der Waals surface area contributed by atoms with E-state index in [1.165, 1.54) is 16.7 Å². The van der Waals surface area contributed by atoms with E-state index in [4.69, 9.17) is 5.11 Å². The Morgan fingerprint density at radius 1 is 1.41 bits per heavy atom. The lowest BCUT2D eigenvalue weighted by Crippen LogP contribution is -2.09. The molecule has 0 aliphatic carbocycles. The van der Waals surface area contributed by atoms with Gasteiger partial charge < -0.3 is 9.67 Å². The standard InChI is InChI=1S/C12H9BrFNO2/c13-9-3-4-10(14)8(6-9)7-15-5-1-2-11(15)12(16)17/h1-6H,7H2,(H,16,17). The first-order chi connectivity index (χ1) is 8.08. The van der Waals surface area contributed by atoms with Crippen molar-refractivity contribution in [3.8, 4) is 0 Å². The van der Waals surface area contributed by atoms with Crippen LogP contribution in [0, 0.1) is 5.82 Å². The Bertz CT molecular complexity index is 565. The zero-order valence-electron chi connectivity index (χ0n) is 8.73. The molecule has 0 aliphatic rings. The lowest BCUT2D eigenvalue weighted by atomic mass is 10.2. The molecule has 1 aromatic carbocycles. The average molecular weight is 298 g/mol. The number of hydrogen-bond acceptors (Lipinski definition) is 1. The smallest absolute Gasteiger partial charge is 0.352 e. The Morgan fingerprint density at radius 2 is 2.18 bits per heavy atom. The highest BCUT2D eigenvalue weighted by Crippen LogP contribution is 2.17.